The van der Waals surface area contributed by atoms with Gasteiger partial charge in [0.1, 0.15) is 5.56 Å². The van der Waals surface area contributed by atoms with Crippen molar-refractivity contribution >= 4 is 28.8 Å². The number of aromatic nitrogens is 3. The van der Waals surface area contributed by atoms with Gasteiger partial charge in [-0.3, -0.25) is 14.5 Å². The Morgan fingerprint density at radius 1 is 1.18 bits per heavy atom. The van der Waals surface area contributed by atoms with Crippen molar-refractivity contribution in [2.75, 3.05) is 42.9 Å². The maximum atomic E-state index is 13.4. The normalized spacial score (nSPS) is 21.8. The van der Waals surface area contributed by atoms with Gasteiger partial charge in [-0.25, -0.2) is 9.50 Å². The molecule has 3 aromatic rings. The first-order valence-electron chi connectivity index (χ1n) is 13.6. The third-order valence-corrected chi connectivity index (χ3v) is 8.13. The monoisotopic (exact) mass is 533 g/mol. The van der Waals surface area contributed by atoms with Gasteiger partial charge in [0.2, 0.25) is 0 Å². The van der Waals surface area contributed by atoms with E-state index in [0.717, 1.165) is 50.3 Å². The van der Waals surface area contributed by atoms with Gasteiger partial charge >= 0.3 is 0 Å². The van der Waals surface area contributed by atoms with Gasteiger partial charge in [0.05, 0.1) is 29.3 Å². The first-order valence-corrected chi connectivity index (χ1v) is 13.6. The lowest BCUT2D eigenvalue weighted by atomic mass is 9.87. The van der Waals surface area contributed by atoms with Crippen LogP contribution in [0.4, 0.5) is 11.4 Å². The van der Waals surface area contributed by atoms with Crippen LogP contribution in [0.3, 0.4) is 0 Å². The first kappa shape index (κ1) is 25.7. The Morgan fingerprint density at radius 3 is 2.67 bits per heavy atom. The highest BCUT2D eigenvalue weighted by molar-refractivity contribution is 6.10. The van der Waals surface area contributed by atoms with Crippen LogP contribution >= 0.6 is 0 Å². The van der Waals surface area contributed by atoms with Crippen LogP contribution in [0, 0.1) is 0 Å². The van der Waals surface area contributed by atoms with Gasteiger partial charge in [-0.1, -0.05) is 0 Å². The zero-order valence-electron chi connectivity index (χ0n) is 22.4. The minimum Gasteiger partial charge on any atom is -0.393 e. The van der Waals surface area contributed by atoms with Gasteiger partial charge in [0.15, 0.2) is 5.65 Å². The maximum absolute atomic E-state index is 13.4. The Kier molecular flexibility index (Phi) is 6.52. The fourth-order valence-corrected chi connectivity index (χ4v) is 5.72. The Labute approximate surface area is 227 Å². The van der Waals surface area contributed by atoms with E-state index < -0.39 is 5.60 Å². The molecule has 1 aliphatic carbocycles. The second kappa shape index (κ2) is 9.89. The number of nitrogens with zero attached hydrogens (tertiary/aromatic N) is 6. The fourth-order valence-electron chi connectivity index (χ4n) is 5.72. The summed E-state index contributed by atoms with van der Waals surface area (Å²) < 4.78 is 1.56. The number of carbonyl (C=O) groups excluding carboxylic acids is 2. The highest BCUT2D eigenvalue weighted by atomic mass is 16.3. The lowest BCUT2D eigenvalue weighted by molar-refractivity contribution is -0.000356. The summed E-state index contributed by atoms with van der Waals surface area (Å²) in [5.74, 6) is -0.363. The van der Waals surface area contributed by atoms with E-state index in [1.165, 1.54) is 6.20 Å². The summed E-state index contributed by atoms with van der Waals surface area (Å²) in [5.41, 5.74) is 2.95. The topological polar surface area (TPSA) is 127 Å². The summed E-state index contributed by atoms with van der Waals surface area (Å²) in [6, 6.07) is 6.01. The van der Waals surface area contributed by atoms with E-state index in [4.69, 9.17) is 0 Å². The molecule has 6 rings (SSSR count). The van der Waals surface area contributed by atoms with Crippen molar-refractivity contribution in [2.45, 2.75) is 57.4 Å². The molecule has 4 heterocycles. The second-order valence-corrected chi connectivity index (χ2v) is 11.5. The van der Waals surface area contributed by atoms with E-state index in [-0.39, 0.29) is 17.9 Å². The quantitative estimate of drug-likeness (QED) is 0.419. The largest absolute Gasteiger partial charge is 0.393 e. The number of anilines is 2. The number of carbonyl (C=O) groups is 2. The Morgan fingerprint density at radius 2 is 1.95 bits per heavy atom. The number of amides is 2. The predicted molar refractivity (Wildman–Crippen MR) is 146 cm³/mol. The predicted octanol–water partition coefficient (Wildman–Crippen LogP) is 1.74. The third-order valence-electron chi connectivity index (χ3n) is 8.13. The molecule has 0 radical (unpaired) electrons. The molecule has 1 aromatic carbocycles. The zero-order valence-corrected chi connectivity index (χ0v) is 22.4. The lowest BCUT2D eigenvalue weighted by Gasteiger charge is -2.45. The summed E-state index contributed by atoms with van der Waals surface area (Å²) in [6.07, 6.45) is 6.82. The lowest BCUT2D eigenvalue weighted by Crippen LogP contribution is -2.55. The van der Waals surface area contributed by atoms with E-state index in [2.05, 4.69) is 25.2 Å². The van der Waals surface area contributed by atoms with E-state index >= 15 is 0 Å². The summed E-state index contributed by atoms with van der Waals surface area (Å²) in [5, 5.41) is 27.2. The number of aliphatic hydroxyl groups is 2. The Balaban J connectivity index is 1.28. The molecule has 2 aromatic heterocycles. The fraction of sp³-hybridized carbons (Fsp3) is 0.500. The number of fused-ring (bicyclic) bond motifs is 2. The van der Waals surface area contributed by atoms with Gasteiger partial charge in [-0.05, 0) is 56.9 Å². The average Bonchev–Trinajstić information content (AvgIpc) is 3.46. The molecule has 11 heteroatoms. The van der Waals surface area contributed by atoms with Crippen LogP contribution in [0.15, 0.2) is 36.8 Å². The van der Waals surface area contributed by atoms with E-state index in [1.54, 1.807) is 41.7 Å². The van der Waals surface area contributed by atoms with Gasteiger partial charge in [0.25, 0.3) is 11.8 Å². The van der Waals surface area contributed by atoms with E-state index in [9.17, 15) is 19.8 Å². The van der Waals surface area contributed by atoms with E-state index in [1.807, 2.05) is 12.1 Å². The van der Waals surface area contributed by atoms with Gasteiger partial charge < -0.3 is 25.3 Å². The van der Waals surface area contributed by atoms with Crippen LogP contribution in [-0.2, 0) is 6.54 Å². The molecule has 1 saturated heterocycles. The zero-order chi connectivity index (χ0) is 27.3. The molecule has 1 saturated carbocycles. The summed E-state index contributed by atoms with van der Waals surface area (Å²) >= 11 is 0. The van der Waals surface area contributed by atoms with Crippen molar-refractivity contribution in [1.82, 2.24) is 24.4 Å². The number of hydrogen-bond donors (Lipinski definition) is 3. The molecular weight excluding hydrogens is 498 g/mol. The van der Waals surface area contributed by atoms with Crippen molar-refractivity contribution in [3.8, 4) is 0 Å². The average molecular weight is 534 g/mol. The summed E-state index contributed by atoms with van der Waals surface area (Å²) in [6.45, 7) is 7.58. The highest BCUT2D eigenvalue weighted by Gasteiger charge is 2.35. The molecule has 3 aliphatic rings. The number of benzene rings is 1. The molecule has 2 amide bonds. The minimum atomic E-state index is -0.863. The van der Waals surface area contributed by atoms with Crippen molar-refractivity contribution in [1.29, 1.82) is 0 Å². The molecule has 0 atom stereocenters. The molecule has 3 N–H and O–H groups in total. The van der Waals surface area contributed by atoms with Crippen LogP contribution in [0.25, 0.3) is 5.65 Å². The van der Waals surface area contributed by atoms with Crippen LogP contribution < -0.4 is 10.2 Å². The highest BCUT2D eigenvalue weighted by Crippen LogP contribution is 2.36. The summed E-state index contributed by atoms with van der Waals surface area (Å²) in [4.78, 5) is 37.5. The first-order chi connectivity index (χ1) is 18.7. The number of hydrogen-bond acceptors (Lipinski definition) is 8. The molecule has 0 unspecified atom stereocenters. The van der Waals surface area contributed by atoms with Gasteiger partial charge in [0, 0.05) is 63.3 Å². The smallest absolute Gasteiger partial charge is 0.261 e. The SMILES string of the molecule is CC(C)(O)CCN1Cc2cc(NC(=O)c3cnn4cccnc34)c(N3CCN([C@H]4C[C@@H](O)C4)CC3)cc2C1=O. The van der Waals surface area contributed by atoms with Gasteiger partial charge in [-0.2, -0.15) is 5.10 Å². The minimum absolute atomic E-state index is 0.0534. The van der Waals surface area contributed by atoms with Gasteiger partial charge in [-0.15, -0.1) is 0 Å². The van der Waals surface area contributed by atoms with Crippen molar-refractivity contribution in [2.24, 2.45) is 0 Å². The molecule has 2 fully saturated rings. The number of aliphatic hydroxyl groups excluding tert-OH is 1. The van der Waals surface area contributed by atoms with E-state index in [0.29, 0.717) is 48.0 Å². The van der Waals surface area contributed by atoms with Crippen molar-refractivity contribution in [3.05, 3.63) is 53.5 Å². The second-order valence-electron chi connectivity index (χ2n) is 11.5. The van der Waals surface area contributed by atoms with Crippen LogP contribution in [-0.4, -0.2) is 96.9 Å². The van der Waals surface area contributed by atoms with Crippen LogP contribution in [0.2, 0.25) is 0 Å². The number of nitrogens with one attached hydrogen (secondary N) is 1. The van der Waals surface area contributed by atoms with Crippen molar-refractivity contribution in [3.63, 3.8) is 0 Å². The molecule has 206 valence electrons. The van der Waals surface area contributed by atoms with Crippen LogP contribution in [0.1, 0.15) is 59.4 Å². The summed E-state index contributed by atoms with van der Waals surface area (Å²) in [7, 11) is 0. The Bertz CT molecular complexity index is 1400. The molecule has 0 bridgehead atoms. The molecular formula is C28H35N7O4. The third kappa shape index (κ3) is 5.09. The molecule has 2 aliphatic heterocycles. The van der Waals surface area contributed by atoms with Crippen molar-refractivity contribution < 1.29 is 19.8 Å². The number of rotatable bonds is 7. The molecule has 39 heavy (non-hydrogen) atoms. The maximum Gasteiger partial charge on any atom is 0.261 e. The number of piperazine rings is 1. The van der Waals surface area contributed by atoms with Crippen LogP contribution in [0.5, 0.6) is 0 Å². The molecule has 11 nitrogen and oxygen atoms in total. The Hall–Kier alpha value is -3.54. The standard InChI is InChI=1S/C28H35N7O4/c1-28(2,39)4-7-34-17-18-12-23(31-26(37)22-16-30-35-6-3-5-29-25(22)35)24(15-21(18)27(34)38)33-10-8-32(9-11-33)19-13-20(36)14-19/h3,5-6,12,15-16,19-20,36,39H,4,7-11,13-14,17H2,1-2H3,(H,31,37)/t19-,20+. The molecule has 0 spiro atoms.